The molecule has 1 amide bonds. The fourth-order valence-corrected chi connectivity index (χ4v) is 4.73. The Bertz CT molecular complexity index is 1050. The maximum atomic E-state index is 12.5. The van der Waals surface area contributed by atoms with Gasteiger partial charge in [-0.25, -0.2) is 4.79 Å². The van der Waals surface area contributed by atoms with E-state index >= 15 is 0 Å². The van der Waals surface area contributed by atoms with E-state index in [1.165, 1.54) is 6.08 Å². The minimum Gasteiger partial charge on any atom is -0.497 e. The number of nitrogens with one attached hydrogen (secondary N) is 1. The molecule has 2 rings (SSSR count). The van der Waals surface area contributed by atoms with Crippen LogP contribution in [0.25, 0.3) is 0 Å². The number of thioether (sulfide) groups is 1. The molecule has 2 aromatic carbocycles. The summed E-state index contributed by atoms with van der Waals surface area (Å²) in [7, 11) is -2.29. The number of alkyl carbamates (subject to hydrolysis) is 1. The maximum absolute atomic E-state index is 12.5. The summed E-state index contributed by atoms with van der Waals surface area (Å²) in [5.41, 5.74) is 1.63. The van der Waals surface area contributed by atoms with E-state index in [1.54, 1.807) is 18.9 Å². The van der Waals surface area contributed by atoms with Crippen molar-refractivity contribution in [3.63, 3.8) is 0 Å². The van der Waals surface area contributed by atoms with Crippen LogP contribution in [0.4, 0.5) is 4.79 Å². The number of carbonyl (C=O) groups is 1. The summed E-state index contributed by atoms with van der Waals surface area (Å²) in [6.07, 6.45) is 0.807. The normalized spacial score (nSPS) is 13.9. The van der Waals surface area contributed by atoms with E-state index in [9.17, 15) is 13.2 Å². The van der Waals surface area contributed by atoms with Crippen molar-refractivity contribution in [2.45, 2.75) is 51.3 Å². The molecule has 2 unspecified atom stereocenters. The molecule has 2 aromatic rings. The van der Waals surface area contributed by atoms with Crippen molar-refractivity contribution in [1.82, 2.24) is 5.32 Å². The standard InChI is InChI=1S/C26H35NO6S2/c1-20(34-18-22-11-13-23(31-5)14-12-22)24(15-16-35(29,30)33-19-26(2,3)4)27-25(28)32-17-21-9-7-6-8-10-21/h6-16,20,24H,17-19H2,1-5H3,(H,27,28)/b16-15+. The van der Waals surface area contributed by atoms with Gasteiger partial charge < -0.3 is 14.8 Å². The van der Waals surface area contributed by atoms with Gasteiger partial charge >= 0.3 is 6.09 Å². The first-order valence-electron chi connectivity index (χ1n) is 11.3. The summed E-state index contributed by atoms with van der Waals surface area (Å²) in [6, 6.07) is 16.4. The molecule has 192 valence electrons. The van der Waals surface area contributed by atoms with Crippen molar-refractivity contribution < 1.29 is 26.9 Å². The largest absolute Gasteiger partial charge is 0.497 e. The molecule has 0 aromatic heterocycles. The van der Waals surface area contributed by atoms with Crippen LogP contribution in [0, 0.1) is 5.41 Å². The molecular formula is C26H35NO6S2. The number of hydrogen-bond acceptors (Lipinski definition) is 7. The fourth-order valence-electron chi connectivity index (χ4n) is 2.75. The average molecular weight is 522 g/mol. The first kappa shape index (κ1) is 28.7. The van der Waals surface area contributed by atoms with Crippen LogP contribution in [0.2, 0.25) is 0 Å². The number of rotatable bonds is 12. The van der Waals surface area contributed by atoms with Gasteiger partial charge in [-0.1, -0.05) is 70.2 Å². The quantitative estimate of drug-likeness (QED) is 0.368. The zero-order valence-electron chi connectivity index (χ0n) is 20.9. The minimum atomic E-state index is -3.91. The summed E-state index contributed by atoms with van der Waals surface area (Å²) in [5.74, 6) is 1.44. The molecule has 0 aliphatic heterocycles. The van der Waals surface area contributed by atoms with Crippen molar-refractivity contribution in [2.75, 3.05) is 13.7 Å². The SMILES string of the molecule is COc1ccc(CSC(C)C(/C=C/S(=O)(=O)OCC(C)(C)C)NC(=O)OCc2ccccc2)cc1. The average Bonchev–Trinajstić information content (AvgIpc) is 2.83. The first-order chi connectivity index (χ1) is 16.5. The lowest BCUT2D eigenvalue weighted by molar-refractivity contribution is 0.137. The maximum Gasteiger partial charge on any atom is 0.407 e. The van der Waals surface area contributed by atoms with Crippen molar-refractivity contribution in [2.24, 2.45) is 5.41 Å². The van der Waals surface area contributed by atoms with Crippen molar-refractivity contribution >= 4 is 28.0 Å². The van der Waals surface area contributed by atoms with E-state index in [1.807, 2.05) is 82.3 Å². The van der Waals surface area contributed by atoms with Gasteiger partial charge in [0.05, 0.1) is 25.2 Å². The molecule has 0 bridgehead atoms. The lowest BCUT2D eigenvalue weighted by Crippen LogP contribution is -2.40. The lowest BCUT2D eigenvalue weighted by Gasteiger charge is -2.22. The number of amides is 1. The summed E-state index contributed by atoms with van der Waals surface area (Å²) in [6.45, 7) is 7.75. The minimum absolute atomic E-state index is 0.0542. The van der Waals surface area contributed by atoms with Crippen LogP contribution in [-0.4, -0.2) is 39.5 Å². The lowest BCUT2D eigenvalue weighted by atomic mass is 9.99. The van der Waals surface area contributed by atoms with E-state index in [0.29, 0.717) is 5.75 Å². The van der Waals surface area contributed by atoms with Crippen LogP contribution in [0.1, 0.15) is 38.8 Å². The Morgan fingerprint density at radius 1 is 1.06 bits per heavy atom. The fraction of sp³-hybridized carbons (Fsp3) is 0.423. The Morgan fingerprint density at radius 2 is 1.71 bits per heavy atom. The molecule has 0 spiro atoms. The molecule has 0 saturated heterocycles. The van der Waals surface area contributed by atoms with E-state index in [4.69, 9.17) is 13.7 Å². The third-order valence-corrected chi connectivity index (χ3v) is 7.04. The highest BCUT2D eigenvalue weighted by atomic mass is 32.2. The summed E-state index contributed by atoms with van der Waals surface area (Å²) in [4.78, 5) is 12.5. The summed E-state index contributed by atoms with van der Waals surface area (Å²) < 4.78 is 40.4. The number of carbonyl (C=O) groups excluding carboxylic acids is 1. The van der Waals surface area contributed by atoms with Crippen molar-refractivity contribution in [3.8, 4) is 5.75 Å². The number of ether oxygens (including phenoxy) is 2. The van der Waals surface area contributed by atoms with Gasteiger partial charge in [-0.05, 0) is 34.8 Å². The molecule has 0 radical (unpaired) electrons. The molecule has 2 atom stereocenters. The third-order valence-electron chi connectivity index (χ3n) is 4.78. The molecule has 0 aliphatic rings. The molecular weight excluding hydrogens is 486 g/mol. The number of methoxy groups -OCH3 is 1. The molecule has 0 heterocycles. The van der Waals surface area contributed by atoms with Crippen LogP contribution in [0.15, 0.2) is 66.1 Å². The van der Waals surface area contributed by atoms with Crippen molar-refractivity contribution in [1.29, 1.82) is 0 Å². The third kappa shape index (κ3) is 11.7. The first-order valence-corrected chi connectivity index (χ1v) is 13.8. The van der Waals surface area contributed by atoms with Gasteiger partial charge in [0.1, 0.15) is 12.4 Å². The Labute approximate surface area is 213 Å². The van der Waals surface area contributed by atoms with Gasteiger partial charge in [-0.2, -0.15) is 20.2 Å². The Hall–Kier alpha value is -2.49. The van der Waals surface area contributed by atoms with E-state index in [0.717, 1.165) is 22.3 Å². The van der Waals surface area contributed by atoms with E-state index in [2.05, 4.69) is 5.32 Å². The molecule has 0 saturated carbocycles. The van der Waals surface area contributed by atoms with Gasteiger partial charge in [0.25, 0.3) is 10.1 Å². The highest BCUT2D eigenvalue weighted by Crippen LogP contribution is 2.23. The number of hydrogen-bond donors (Lipinski definition) is 1. The second-order valence-corrected chi connectivity index (χ2v) is 12.1. The van der Waals surface area contributed by atoms with Crippen LogP contribution in [0.5, 0.6) is 5.75 Å². The van der Waals surface area contributed by atoms with Gasteiger partial charge in [0.2, 0.25) is 0 Å². The van der Waals surface area contributed by atoms with Gasteiger partial charge in [-0.3, -0.25) is 4.18 Å². The summed E-state index contributed by atoms with van der Waals surface area (Å²) >= 11 is 1.58. The van der Waals surface area contributed by atoms with Crippen LogP contribution in [-0.2, 0) is 31.4 Å². The predicted molar refractivity (Wildman–Crippen MR) is 141 cm³/mol. The molecule has 0 fully saturated rings. The van der Waals surface area contributed by atoms with Gasteiger partial charge in [0, 0.05) is 11.0 Å². The molecule has 7 nitrogen and oxygen atoms in total. The molecule has 1 N–H and O–H groups in total. The summed E-state index contributed by atoms with van der Waals surface area (Å²) in [5, 5.41) is 3.63. The predicted octanol–water partition coefficient (Wildman–Crippen LogP) is 5.52. The van der Waals surface area contributed by atoms with Crippen LogP contribution < -0.4 is 10.1 Å². The second kappa shape index (κ2) is 13.6. The van der Waals surface area contributed by atoms with Gasteiger partial charge in [-0.15, -0.1) is 0 Å². The Kier molecular flexibility index (Phi) is 11.1. The molecule has 0 aliphatic carbocycles. The Balaban J connectivity index is 2.06. The molecule has 9 heteroatoms. The number of benzene rings is 2. The zero-order chi connectivity index (χ0) is 25.9. The topological polar surface area (TPSA) is 90.9 Å². The monoisotopic (exact) mass is 521 g/mol. The van der Waals surface area contributed by atoms with E-state index < -0.39 is 22.3 Å². The second-order valence-electron chi connectivity index (χ2n) is 9.24. The Morgan fingerprint density at radius 3 is 2.31 bits per heavy atom. The van der Waals surface area contributed by atoms with E-state index in [-0.39, 0.29) is 23.9 Å². The highest BCUT2D eigenvalue weighted by Gasteiger charge is 2.21. The highest BCUT2D eigenvalue weighted by molar-refractivity contribution is 7.99. The molecule has 35 heavy (non-hydrogen) atoms. The zero-order valence-corrected chi connectivity index (χ0v) is 22.5. The smallest absolute Gasteiger partial charge is 0.407 e. The van der Waals surface area contributed by atoms with Crippen LogP contribution >= 0.6 is 11.8 Å². The van der Waals surface area contributed by atoms with Gasteiger partial charge in [0.15, 0.2) is 0 Å². The van der Waals surface area contributed by atoms with Crippen LogP contribution in [0.3, 0.4) is 0 Å². The van der Waals surface area contributed by atoms with Crippen molar-refractivity contribution in [3.05, 3.63) is 77.2 Å².